The second kappa shape index (κ2) is 8.62. The molecule has 0 saturated carbocycles. The molecule has 2 aromatic rings. The van der Waals surface area contributed by atoms with Crippen LogP contribution in [0.2, 0.25) is 0 Å². The topological polar surface area (TPSA) is 85.8 Å². The highest BCUT2D eigenvalue weighted by Crippen LogP contribution is 2.22. The number of pyridine rings is 1. The zero-order valence-corrected chi connectivity index (χ0v) is 17.0. The average Bonchev–Trinajstić information content (AvgIpc) is 3.02. The second-order valence-corrected chi connectivity index (χ2v) is 7.61. The van der Waals surface area contributed by atoms with Crippen LogP contribution in [0.5, 0.6) is 0 Å². The van der Waals surface area contributed by atoms with Gasteiger partial charge in [0, 0.05) is 57.4 Å². The zero-order chi connectivity index (χ0) is 21.1. The molecule has 0 atom stereocenters. The molecule has 8 nitrogen and oxygen atoms in total. The van der Waals surface area contributed by atoms with Crippen LogP contribution in [-0.2, 0) is 11.3 Å². The number of anilines is 1. The third-order valence-corrected chi connectivity index (χ3v) is 5.59. The van der Waals surface area contributed by atoms with E-state index in [0.29, 0.717) is 17.7 Å². The van der Waals surface area contributed by atoms with E-state index in [-0.39, 0.29) is 30.7 Å². The summed E-state index contributed by atoms with van der Waals surface area (Å²) in [6.07, 6.45) is 1.83. The van der Waals surface area contributed by atoms with Crippen LogP contribution >= 0.6 is 0 Å². The first-order valence-electron chi connectivity index (χ1n) is 10.1. The van der Waals surface area contributed by atoms with Crippen molar-refractivity contribution in [3.05, 3.63) is 59.3 Å². The van der Waals surface area contributed by atoms with Crippen LogP contribution in [0.4, 0.5) is 5.82 Å². The predicted octanol–water partition coefficient (Wildman–Crippen LogP) is 1.14. The van der Waals surface area contributed by atoms with Crippen molar-refractivity contribution in [2.75, 3.05) is 44.7 Å². The summed E-state index contributed by atoms with van der Waals surface area (Å²) in [6.45, 7) is 4.17. The largest absolute Gasteiger partial charge is 0.354 e. The van der Waals surface area contributed by atoms with Gasteiger partial charge in [0.1, 0.15) is 5.82 Å². The predicted molar refractivity (Wildman–Crippen MR) is 112 cm³/mol. The molecule has 3 amide bonds. The molecule has 0 unspecified atom stereocenters. The normalized spacial score (nSPS) is 16.7. The molecule has 2 aliphatic heterocycles. The Morgan fingerprint density at radius 1 is 1.00 bits per heavy atom. The molecular formula is C22H25N5O3. The van der Waals surface area contributed by atoms with Gasteiger partial charge >= 0.3 is 0 Å². The van der Waals surface area contributed by atoms with E-state index in [2.05, 4.69) is 27.1 Å². The number of likely N-dealkylation sites (N-methyl/N-ethyl adjacent to an activating group) is 1. The van der Waals surface area contributed by atoms with Crippen LogP contribution in [-0.4, -0.2) is 72.3 Å². The van der Waals surface area contributed by atoms with E-state index >= 15 is 0 Å². The molecule has 3 heterocycles. The van der Waals surface area contributed by atoms with Crippen molar-refractivity contribution in [1.29, 1.82) is 0 Å². The van der Waals surface area contributed by atoms with Gasteiger partial charge in [-0.25, -0.2) is 4.98 Å². The van der Waals surface area contributed by atoms with Crippen molar-refractivity contribution in [3.63, 3.8) is 0 Å². The van der Waals surface area contributed by atoms with Gasteiger partial charge < -0.3 is 15.1 Å². The molecule has 4 rings (SSSR count). The second-order valence-electron chi connectivity index (χ2n) is 7.61. The SMILES string of the molecule is CN1CCN(c2ncccc2CNC(=O)CCN2C(=O)c3ccccc3C2=O)CC1. The highest BCUT2D eigenvalue weighted by Gasteiger charge is 2.34. The van der Waals surface area contributed by atoms with Gasteiger partial charge in [-0.05, 0) is 25.2 Å². The maximum Gasteiger partial charge on any atom is 0.261 e. The minimum atomic E-state index is -0.340. The summed E-state index contributed by atoms with van der Waals surface area (Å²) in [7, 11) is 2.10. The fourth-order valence-electron chi connectivity index (χ4n) is 3.81. The Hall–Kier alpha value is -3.26. The van der Waals surface area contributed by atoms with E-state index in [1.54, 1.807) is 30.5 Å². The lowest BCUT2D eigenvalue weighted by Crippen LogP contribution is -2.45. The zero-order valence-electron chi connectivity index (χ0n) is 17.0. The van der Waals surface area contributed by atoms with Gasteiger partial charge in [-0.2, -0.15) is 0 Å². The van der Waals surface area contributed by atoms with E-state index < -0.39 is 0 Å². The van der Waals surface area contributed by atoms with Crippen molar-refractivity contribution < 1.29 is 14.4 Å². The number of piperazine rings is 1. The number of fused-ring (bicyclic) bond motifs is 1. The first kappa shape index (κ1) is 20.0. The molecule has 1 fully saturated rings. The Labute approximate surface area is 175 Å². The van der Waals surface area contributed by atoms with E-state index in [4.69, 9.17) is 0 Å². The summed E-state index contributed by atoms with van der Waals surface area (Å²) in [5.74, 6) is 0.00649. The number of rotatable bonds is 6. The Bertz CT molecular complexity index is 934. The summed E-state index contributed by atoms with van der Waals surface area (Å²) in [5, 5.41) is 2.90. The summed E-state index contributed by atoms with van der Waals surface area (Å²) >= 11 is 0. The molecule has 2 aliphatic rings. The number of hydrogen-bond acceptors (Lipinski definition) is 6. The molecule has 0 aliphatic carbocycles. The van der Waals surface area contributed by atoms with E-state index in [9.17, 15) is 14.4 Å². The number of imide groups is 1. The number of carbonyl (C=O) groups excluding carboxylic acids is 3. The van der Waals surface area contributed by atoms with Crippen LogP contribution in [0.1, 0.15) is 32.7 Å². The first-order chi connectivity index (χ1) is 14.5. The quantitative estimate of drug-likeness (QED) is 0.723. The van der Waals surface area contributed by atoms with Crippen molar-refractivity contribution >= 4 is 23.5 Å². The van der Waals surface area contributed by atoms with Crippen molar-refractivity contribution in [1.82, 2.24) is 20.1 Å². The van der Waals surface area contributed by atoms with Crippen LogP contribution < -0.4 is 10.2 Å². The first-order valence-corrected chi connectivity index (χ1v) is 10.1. The number of benzene rings is 1. The number of aromatic nitrogens is 1. The van der Waals surface area contributed by atoms with Crippen molar-refractivity contribution in [2.24, 2.45) is 0 Å². The smallest absolute Gasteiger partial charge is 0.261 e. The van der Waals surface area contributed by atoms with Gasteiger partial charge in [0.2, 0.25) is 5.91 Å². The number of nitrogens with one attached hydrogen (secondary N) is 1. The van der Waals surface area contributed by atoms with Crippen LogP contribution in [0.3, 0.4) is 0 Å². The molecule has 0 spiro atoms. The van der Waals surface area contributed by atoms with E-state index in [1.165, 1.54) is 0 Å². The fourth-order valence-corrected chi connectivity index (χ4v) is 3.81. The monoisotopic (exact) mass is 407 g/mol. The number of carbonyl (C=O) groups is 3. The van der Waals surface area contributed by atoms with E-state index in [1.807, 2.05) is 12.1 Å². The molecule has 156 valence electrons. The van der Waals surface area contributed by atoms with Crippen LogP contribution in [0, 0.1) is 0 Å². The molecule has 1 N–H and O–H groups in total. The Balaban J connectivity index is 1.32. The minimum Gasteiger partial charge on any atom is -0.354 e. The van der Waals surface area contributed by atoms with Crippen molar-refractivity contribution in [3.8, 4) is 0 Å². The summed E-state index contributed by atoms with van der Waals surface area (Å²) in [5.41, 5.74) is 1.75. The van der Waals surface area contributed by atoms with Gasteiger partial charge in [0.25, 0.3) is 11.8 Å². The molecular weight excluding hydrogens is 382 g/mol. The summed E-state index contributed by atoms with van der Waals surface area (Å²) < 4.78 is 0. The third kappa shape index (κ3) is 4.04. The average molecular weight is 407 g/mol. The fraction of sp³-hybridized carbons (Fsp3) is 0.364. The molecule has 1 saturated heterocycles. The molecule has 0 bridgehead atoms. The number of hydrogen-bond donors (Lipinski definition) is 1. The minimum absolute atomic E-state index is 0.0651. The van der Waals surface area contributed by atoms with Crippen LogP contribution in [0.25, 0.3) is 0 Å². The molecule has 1 aromatic heterocycles. The Morgan fingerprint density at radius 2 is 1.67 bits per heavy atom. The standard InChI is InChI=1S/C22H25N5O3/c1-25-11-13-26(14-12-25)20-16(5-4-9-23-20)15-24-19(28)8-10-27-21(29)17-6-2-3-7-18(17)22(27)30/h2-7,9H,8,10-15H2,1H3,(H,24,28). The lowest BCUT2D eigenvalue weighted by molar-refractivity contribution is -0.121. The highest BCUT2D eigenvalue weighted by molar-refractivity contribution is 6.21. The molecule has 1 aromatic carbocycles. The Kier molecular flexibility index (Phi) is 5.76. The van der Waals surface area contributed by atoms with Gasteiger partial charge in [-0.3, -0.25) is 19.3 Å². The maximum absolute atomic E-state index is 12.4. The summed E-state index contributed by atoms with van der Waals surface area (Å²) in [6, 6.07) is 10.6. The van der Waals surface area contributed by atoms with Gasteiger partial charge in [0.15, 0.2) is 0 Å². The lowest BCUT2D eigenvalue weighted by atomic mass is 10.1. The lowest BCUT2D eigenvalue weighted by Gasteiger charge is -2.34. The van der Waals surface area contributed by atoms with Gasteiger partial charge in [-0.1, -0.05) is 18.2 Å². The third-order valence-electron chi connectivity index (χ3n) is 5.59. The van der Waals surface area contributed by atoms with Crippen molar-refractivity contribution in [2.45, 2.75) is 13.0 Å². The highest BCUT2D eigenvalue weighted by atomic mass is 16.2. The maximum atomic E-state index is 12.4. The molecule has 0 radical (unpaired) electrons. The van der Waals surface area contributed by atoms with Crippen LogP contribution in [0.15, 0.2) is 42.6 Å². The van der Waals surface area contributed by atoms with Gasteiger partial charge in [-0.15, -0.1) is 0 Å². The molecule has 30 heavy (non-hydrogen) atoms. The molecule has 8 heteroatoms. The van der Waals surface area contributed by atoms with E-state index in [0.717, 1.165) is 42.5 Å². The summed E-state index contributed by atoms with van der Waals surface area (Å²) in [4.78, 5) is 47.4. The Morgan fingerprint density at radius 3 is 2.33 bits per heavy atom. The number of amides is 3. The number of nitrogens with zero attached hydrogens (tertiary/aromatic N) is 4. The van der Waals surface area contributed by atoms with Gasteiger partial charge in [0.05, 0.1) is 11.1 Å².